The summed E-state index contributed by atoms with van der Waals surface area (Å²) in [6, 6.07) is 0.674. The van der Waals surface area contributed by atoms with Crippen LogP contribution in [0.15, 0.2) is 11.6 Å². The van der Waals surface area contributed by atoms with Crippen LogP contribution in [0.1, 0.15) is 40.0 Å². The average Bonchev–Trinajstić information content (AvgIpc) is 2.66. The van der Waals surface area contributed by atoms with Crippen molar-refractivity contribution in [2.45, 2.75) is 46.1 Å². The SMILES string of the molecule is CCNC(C=C(C)C)C1C2C3CCC(C3)C21. The monoisotopic (exact) mass is 219 g/mol. The summed E-state index contributed by atoms with van der Waals surface area (Å²) in [5, 5.41) is 3.70. The van der Waals surface area contributed by atoms with Crippen LogP contribution < -0.4 is 5.32 Å². The van der Waals surface area contributed by atoms with E-state index in [-0.39, 0.29) is 0 Å². The first-order valence-corrected chi connectivity index (χ1v) is 7.10. The summed E-state index contributed by atoms with van der Waals surface area (Å²) in [5.41, 5.74) is 1.48. The molecule has 0 heterocycles. The minimum atomic E-state index is 0.674. The third kappa shape index (κ3) is 1.55. The molecule has 0 spiro atoms. The number of hydrogen-bond acceptors (Lipinski definition) is 1. The molecule has 1 nitrogen and oxygen atoms in total. The predicted molar refractivity (Wildman–Crippen MR) is 68.2 cm³/mol. The lowest BCUT2D eigenvalue weighted by molar-refractivity contribution is 0.405. The van der Waals surface area contributed by atoms with Crippen molar-refractivity contribution in [2.75, 3.05) is 6.54 Å². The predicted octanol–water partition coefficient (Wildman–Crippen LogP) is 3.22. The van der Waals surface area contributed by atoms with Gasteiger partial charge in [-0.1, -0.05) is 18.6 Å². The molecule has 3 saturated carbocycles. The van der Waals surface area contributed by atoms with E-state index in [4.69, 9.17) is 0 Å². The van der Waals surface area contributed by atoms with Gasteiger partial charge < -0.3 is 5.32 Å². The minimum Gasteiger partial charge on any atom is -0.310 e. The fourth-order valence-corrected chi connectivity index (χ4v) is 4.77. The highest BCUT2D eigenvalue weighted by Crippen LogP contribution is 2.70. The summed E-state index contributed by atoms with van der Waals surface area (Å²) in [6.07, 6.45) is 7.12. The lowest BCUT2D eigenvalue weighted by atomic mass is 9.96. The van der Waals surface area contributed by atoms with Gasteiger partial charge in [-0.2, -0.15) is 0 Å². The minimum absolute atomic E-state index is 0.674. The van der Waals surface area contributed by atoms with Crippen molar-refractivity contribution >= 4 is 0 Å². The molecule has 1 heteroatoms. The van der Waals surface area contributed by atoms with Crippen LogP contribution in [-0.4, -0.2) is 12.6 Å². The van der Waals surface area contributed by atoms with E-state index in [1.165, 1.54) is 18.4 Å². The van der Waals surface area contributed by atoms with Gasteiger partial charge in [-0.3, -0.25) is 0 Å². The molecule has 0 aromatic rings. The van der Waals surface area contributed by atoms with Crippen LogP contribution in [0.2, 0.25) is 0 Å². The fourth-order valence-electron chi connectivity index (χ4n) is 4.77. The second-order valence-corrected chi connectivity index (χ2v) is 6.39. The van der Waals surface area contributed by atoms with Crippen LogP contribution in [0.5, 0.6) is 0 Å². The Morgan fingerprint density at radius 3 is 2.38 bits per heavy atom. The van der Waals surface area contributed by atoms with Gasteiger partial charge in [-0.05, 0) is 69.2 Å². The molecule has 3 aliphatic rings. The van der Waals surface area contributed by atoms with Crippen molar-refractivity contribution in [3.05, 3.63) is 11.6 Å². The molecule has 0 radical (unpaired) electrons. The number of rotatable bonds is 4. The van der Waals surface area contributed by atoms with E-state index in [0.717, 1.165) is 36.1 Å². The van der Waals surface area contributed by atoms with Gasteiger partial charge in [0.2, 0.25) is 0 Å². The van der Waals surface area contributed by atoms with Gasteiger partial charge in [-0.25, -0.2) is 0 Å². The first-order chi connectivity index (χ1) is 7.72. The number of allylic oxidation sites excluding steroid dienone is 1. The quantitative estimate of drug-likeness (QED) is 0.716. The Kier molecular flexibility index (Phi) is 2.62. The highest BCUT2D eigenvalue weighted by Gasteiger charge is 2.66. The largest absolute Gasteiger partial charge is 0.310 e. The van der Waals surface area contributed by atoms with Gasteiger partial charge >= 0.3 is 0 Å². The van der Waals surface area contributed by atoms with E-state index in [0.29, 0.717) is 6.04 Å². The molecule has 5 unspecified atom stereocenters. The first kappa shape index (κ1) is 10.8. The zero-order chi connectivity index (χ0) is 11.3. The average molecular weight is 219 g/mol. The third-order valence-corrected chi connectivity index (χ3v) is 5.16. The van der Waals surface area contributed by atoms with E-state index in [1.54, 1.807) is 6.42 Å². The number of likely N-dealkylation sites (N-methyl/N-ethyl adjacent to an activating group) is 1. The molecule has 0 aromatic heterocycles. The molecule has 3 fully saturated rings. The molecule has 0 aliphatic heterocycles. The molecule has 0 amide bonds. The van der Waals surface area contributed by atoms with Crippen molar-refractivity contribution in [1.82, 2.24) is 5.32 Å². The van der Waals surface area contributed by atoms with Crippen LogP contribution >= 0.6 is 0 Å². The zero-order valence-corrected chi connectivity index (χ0v) is 10.9. The molecule has 1 N–H and O–H groups in total. The van der Waals surface area contributed by atoms with E-state index in [1.807, 2.05) is 0 Å². The Bertz CT molecular complexity index is 287. The van der Waals surface area contributed by atoms with Crippen molar-refractivity contribution < 1.29 is 0 Å². The molecule has 0 saturated heterocycles. The van der Waals surface area contributed by atoms with Gasteiger partial charge in [0.15, 0.2) is 0 Å². The highest BCUT2D eigenvalue weighted by atomic mass is 14.9. The summed E-state index contributed by atoms with van der Waals surface area (Å²) in [6.45, 7) is 7.81. The third-order valence-electron chi connectivity index (χ3n) is 5.16. The number of hydrogen-bond donors (Lipinski definition) is 1. The van der Waals surface area contributed by atoms with Crippen molar-refractivity contribution in [3.8, 4) is 0 Å². The molecule has 16 heavy (non-hydrogen) atoms. The Morgan fingerprint density at radius 2 is 1.88 bits per heavy atom. The van der Waals surface area contributed by atoms with E-state index in [2.05, 4.69) is 32.2 Å². The molecule has 2 bridgehead atoms. The molecular formula is C15H25N. The molecule has 3 rings (SSSR count). The Morgan fingerprint density at radius 1 is 1.25 bits per heavy atom. The standard InChI is InChI=1S/C15H25N/c1-4-16-12(7-9(2)3)15-13-10-5-6-11(8-10)14(13)15/h7,10-16H,4-6,8H2,1-3H3. The second-order valence-electron chi connectivity index (χ2n) is 6.39. The molecule has 0 aromatic carbocycles. The van der Waals surface area contributed by atoms with Crippen LogP contribution in [0, 0.1) is 29.6 Å². The van der Waals surface area contributed by atoms with Gasteiger partial charge in [0.25, 0.3) is 0 Å². The summed E-state index contributed by atoms with van der Waals surface area (Å²) < 4.78 is 0. The topological polar surface area (TPSA) is 12.0 Å². The Hall–Kier alpha value is -0.300. The zero-order valence-electron chi connectivity index (χ0n) is 10.9. The summed E-state index contributed by atoms with van der Waals surface area (Å²) in [7, 11) is 0. The Labute approximate surface area is 99.7 Å². The van der Waals surface area contributed by atoms with Gasteiger partial charge in [0, 0.05) is 6.04 Å². The van der Waals surface area contributed by atoms with E-state index in [9.17, 15) is 0 Å². The molecular weight excluding hydrogens is 194 g/mol. The van der Waals surface area contributed by atoms with Crippen molar-refractivity contribution in [2.24, 2.45) is 29.6 Å². The van der Waals surface area contributed by atoms with Crippen molar-refractivity contribution in [3.63, 3.8) is 0 Å². The fraction of sp³-hybridized carbons (Fsp3) is 0.867. The molecule has 5 atom stereocenters. The molecule has 3 aliphatic carbocycles. The highest BCUT2D eigenvalue weighted by molar-refractivity contribution is 5.20. The lowest BCUT2D eigenvalue weighted by Crippen LogP contribution is -2.31. The normalized spacial score (nSPS) is 45.3. The number of nitrogens with one attached hydrogen (secondary N) is 1. The van der Waals surface area contributed by atoms with E-state index >= 15 is 0 Å². The van der Waals surface area contributed by atoms with Crippen LogP contribution in [-0.2, 0) is 0 Å². The maximum atomic E-state index is 3.70. The van der Waals surface area contributed by atoms with Gasteiger partial charge in [0.05, 0.1) is 0 Å². The second kappa shape index (κ2) is 3.87. The van der Waals surface area contributed by atoms with Crippen molar-refractivity contribution in [1.29, 1.82) is 0 Å². The maximum absolute atomic E-state index is 3.70. The Balaban J connectivity index is 1.71. The summed E-state index contributed by atoms with van der Waals surface area (Å²) >= 11 is 0. The van der Waals surface area contributed by atoms with Crippen LogP contribution in [0.4, 0.5) is 0 Å². The lowest BCUT2D eigenvalue weighted by Gasteiger charge is -2.18. The summed E-state index contributed by atoms with van der Waals surface area (Å²) in [4.78, 5) is 0. The molecule has 90 valence electrons. The smallest absolute Gasteiger partial charge is 0.0286 e. The van der Waals surface area contributed by atoms with Crippen LogP contribution in [0.3, 0.4) is 0 Å². The number of fused-ring (bicyclic) bond motifs is 5. The summed E-state index contributed by atoms with van der Waals surface area (Å²) in [5.74, 6) is 5.39. The van der Waals surface area contributed by atoms with E-state index < -0.39 is 0 Å². The van der Waals surface area contributed by atoms with Gasteiger partial charge in [-0.15, -0.1) is 0 Å². The van der Waals surface area contributed by atoms with Crippen LogP contribution in [0.25, 0.3) is 0 Å². The maximum Gasteiger partial charge on any atom is 0.0286 e. The van der Waals surface area contributed by atoms with Gasteiger partial charge in [0.1, 0.15) is 0 Å². The first-order valence-electron chi connectivity index (χ1n) is 7.10.